The molecule has 0 fully saturated rings. The Kier molecular flexibility index (Phi) is 3.21. The highest BCUT2D eigenvalue weighted by atomic mass is 16.1. The van der Waals surface area contributed by atoms with Crippen molar-refractivity contribution in [2.75, 3.05) is 0 Å². The number of rotatable bonds is 3. The molecule has 0 unspecified atom stereocenters. The van der Waals surface area contributed by atoms with Gasteiger partial charge in [-0.1, -0.05) is 54.6 Å². The molecule has 0 heterocycles. The molecule has 0 aliphatic carbocycles. The van der Waals surface area contributed by atoms with Crippen molar-refractivity contribution in [3.8, 4) is 11.1 Å². The van der Waals surface area contributed by atoms with Crippen LogP contribution in [0.25, 0.3) is 11.1 Å². The average molecular weight is 226 g/mol. The lowest BCUT2D eigenvalue weighted by molar-refractivity contribution is -0.119. The summed E-state index contributed by atoms with van der Waals surface area (Å²) in [7, 11) is 0. The number of nitrogens with two attached hydrogens (primary N) is 2. The second-order valence-electron chi connectivity index (χ2n) is 3.83. The summed E-state index contributed by atoms with van der Waals surface area (Å²) < 4.78 is 0. The third-order valence-electron chi connectivity index (χ3n) is 2.69. The predicted octanol–water partition coefficient (Wildman–Crippen LogP) is 1.84. The predicted molar refractivity (Wildman–Crippen MR) is 68.0 cm³/mol. The minimum absolute atomic E-state index is 0.520. The van der Waals surface area contributed by atoms with E-state index in [0.717, 1.165) is 16.7 Å². The van der Waals surface area contributed by atoms with Crippen molar-refractivity contribution in [1.82, 2.24) is 0 Å². The quantitative estimate of drug-likeness (QED) is 0.838. The highest BCUT2D eigenvalue weighted by Crippen LogP contribution is 2.26. The minimum Gasteiger partial charge on any atom is -0.368 e. The lowest BCUT2D eigenvalue weighted by atomic mass is 9.95. The molecule has 0 saturated carbocycles. The smallest absolute Gasteiger partial charge is 0.238 e. The van der Waals surface area contributed by atoms with E-state index in [1.807, 2.05) is 54.6 Å². The first kappa shape index (κ1) is 11.4. The Hall–Kier alpha value is -2.13. The zero-order valence-electron chi connectivity index (χ0n) is 9.34. The third-order valence-corrected chi connectivity index (χ3v) is 2.69. The fourth-order valence-electron chi connectivity index (χ4n) is 1.80. The van der Waals surface area contributed by atoms with E-state index in [1.165, 1.54) is 0 Å². The lowest BCUT2D eigenvalue weighted by Crippen LogP contribution is -2.28. The number of primary amides is 1. The van der Waals surface area contributed by atoms with Gasteiger partial charge >= 0.3 is 0 Å². The molecular formula is C14H14N2O. The maximum Gasteiger partial charge on any atom is 0.238 e. The summed E-state index contributed by atoms with van der Waals surface area (Å²) in [6.45, 7) is 0. The largest absolute Gasteiger partial charge is 0.368 e. The second-order valence-corrected chi connectivity index (χ2v) is 3.83. The summed E-state index contributed by atoms with van der Waals surface area (Å²) in [6.07, 6.45) is 0. The maximum atomic E-state index is 11.2. The van der Waals surface area contributed by atoms with Gasteiger partial charge in [-0.15, -0.1) is 0 Å². The molecule has 2 aromatic carbocycles. The summed E-state index contributed by atoms with van der Waals surface area (Å²) >= 11 is 0. The Balaban J connectivity index is 2.52. The summed E-state index contributed by atoms with van der Waals surface area (Å²) in [6, 6.07) is 16.6. The van der Waals surface area contributed by atoms with Crippen molar-refractivity contribution in [2.45, 2.75) is 6.04 Å². The molecule has 0 aliphatic heterocycles. The molecule has 0 bridgehead atoms. The molecule has 86 valence electrons. The van der Waals surface area contributed by atoms with E-state index in [9.17, 15) is 4.79 Å². The number of carbonyl (C=O) groups is 1. The van der Waals surface area contributed by atoms with Crippen molar-refractivity contribution in [1.29, 1.82) is 0 Å². The van der Waals surface area contributed by atoms with Gasteiger partial charge in [-0.25, -0.2) is 0 Å². The molecule has 3 nitrogen and oxygen atoms in total. The van der Waals surface area contributed by atoms with Crippen LogP contribution >= 0.6 is 0 Å². The van der Waals surface area contributed by atoms with Crippen LogP contribution in [0.15, 0.2) is 54.6 Å². The van der Waals surface area contributed by atoms with Crippen LogP contribution in [0.3, 0.4) is 0 Å². The molecule has 1 amide bonds. The van der Waals surface area contributed by atoms with Gasteiger partial charge in [-0.05, 0) is 16.7 Å². The standard InChI is InChI=1S/C14H14N2O/c15-13(14(16)17)12-9-5-4-8-11(12)10-6-2-1-3-7-10/h1-9,13H,15H2,(H2,16,17)/t13-/m0/s1. The van der Waals surface area contributed by atoms with Crippen molar-refractivity contribution in [3.63, 3.8) is 0 Å². The van der Waals surface area contributed by atoms with Crippen molar-refractivity contribution in [2.24, 2.45) is 11.5 Å². The highest BCUT2D eigenvalue weighted by Gasteiger charge is 2.16. The lowest BCUT2D eigenvalue weighted by Gasteiger charge is -2.13. The van der Waals surface area contributed by atoms with Crippen LogP contribution in [-0.2, 0) is 4.79 Å². The molecule has 0 saturated heterocycles. The van der Waals surface area contributed by atoms with Crippen LogP contribution in [0.4, 0.5) is 0 Å². The van der Waals surface area contributed by atoms with Gasteiger partial charge in [0.05, 0.1) is 0 Å². The summed E-state index contributed by atoms with van der Waals surface area (Å²) in [5, 5.41) is 0. The van der Waals surface area contributed by atoms with Gasteiger partial charge < -0.3 is 11.5 Å². The molecule has 2 rings (SSSR count). The van der Waals surface area contributed by atoms with Gasteiger partial charge in [-0.2, -0.15) is 0 Å². The van der Waals surface area contributed by atoms with Gasteiger partial charge in [-0.3, -0.25) is 4.79 Å². The monoisotopic (exact) mass is 226 g/mol. The molecule has 0 aliphatic rings. The molecule has 4 N–H and O–H groups in total. The molecule has 0 radical (unpaired) electrons. The fraction of sp³-hybridized carbons (Fsp3) is 0.0714. The topological polar surface area (TPSA) is 69.1 Å². The molecule has 2 aromatic rings. The highest BCUT2D eigenvalue weighted by molar-refractivity contribution is 5.84. The van der Waals surface area contributed by atoms with Gasteiger partial charge in [0, 0.05) is 0 Å². The van der Waals surface area contributed by atoms with Crippen LogP contribution in [0.2, 0.25) is 0 Å². The van der Waals surface area contributed by atoms with E-state index in [4.69, 9.17) is 11.5 Å². The van der Waals surface area contributed by atoms with Gasteiger partial charge in [0.1, 0.15) is 6.04 Å². The second kappa shape index (κ2) is 4.80. The van der Waals surface area contributed by atoms with E-state index in [1.54, 1.807) is 0 Å². The van der Waals surface area contributed by atoms with Crippen LogP contribution < -0.4 is 11.5 Å². The average Bonchev–Trinajstić information content (AvgIpc) is 2.39. The number of hydrogen-bond acceptors (Lipinski definition) is 2. The van der Waals surface area contributed by atoms with Crippen LogP contribution in [0, 0.1) is 0 Å². The normalized spacial score (nSPS) is 12.1. The van der Waals surface area contributed by atoms with Crippen molar-refractivity contribution in [3.05, 3.63) is 60.2 Å². The Bertz CT molecular complexity index is 523. The molecule has 17 heavy (non-hydrogen) atoms. The molecular weight excluding hydrogens is 212 g/mol. The van der Waals surface area contributed by atoms with Gasteiger partial charge in [0.2, 0.25) is 5.91 Å². The number of carbonyl (C=O) groups excluding carboxylic acids is 1. The summed E-state index contributed by atoms with van der Waals surface area (Å²) in [4.78, 5) is 11.2. The van der Waals surface area contributed by atoms with E-state index in [0.29, 0.717) is 0 Å². The van der Waals surface area contributed by atoms with E-state index in [2.05, 4.69) is 0 Å². The molecule has 0 spiro atoms. The van der Waals surface area contributed by atoms with Crippen molar-refractivity contribution < 1.29 is 4.79 Å². The molecule has 0 aromatic heterocycles. The van der Waals surface area contributed by atoms with Crippen molar-refractivity contribution >= 4 is 5.91 Å². The number of hydrogen-bond donors (Lipinski definition) is 2. The zero-order valence-corrected chi connectivity index (χ0v) is 9.34. The number of amides is 1. The SMILES string of the molecule is NC(=O)[C@@H](N)c1ccccc1-c1ccccc1. The van der Waals surface area contributed by atoms with Crippen LogP contribution in [0.1, 0.15) is 11.6 Å². The van der Waals surface area contributed by atoms with E-state index < -0.39 is 11.9 Å². The van der Waals surface area contributed by atoms with Gasteiger partial charge in [0.15, 0.2) is 0 Å². The van der Waals surface area contributed by atoms with Crippen LogP contribution in [0.5, 0.6) is 0 Å². The fourth-order valence-corrected chi connectivity index (χ4v) is 1.80. The first-order valence-electron chi connectivity index (χ1n) is 5.39. The Morgan fingerprint density at radius 2 is 1.53 bits per heavy atom. The van der Waals surface area contributed by atoms with E-state index in [-0.39, 0.29) is 0 Å². The minimum atomic E-state index is -0.772. The summed E-state index contributed by atoms with van der Waals surface area (Å²) in [5.74, 6) is -0.520. The number of benzene rings is 2. The Morgan fingerprint density at radius 1 is 0.941 bits per heavy atom. The summed E-state index contributed by atoms with van der Waals surface area (Å²) in [5.41, 5.74) is 13.8. The maximum absolute atomic E-state index is 11.2. The first-order chi connectivity index (χ1) is 8.20. The van der Waals surface area contributed by atoms with E-state index >= 15 is 0 Å². The first-order valence-corrected chi connectivity index (χ1v) is 5.39. The Labute approximate surface area is 100 Å². The van der Waals surface area contributed by atoms with Crippen LogP contribution in [-0.4, -0.2) is 5.91 Å². The van der Waals surface area contributed by atoms with Gasteiger partial charge in [0.25, 0.3) is 0 Å². The zero-order chi connectivity index (χ0) is 12.3. The molecule has 1 atom stereocenters. The third kappa shape index (κ3) is 2.34. The Morgan fingerprint density at radius 3 is 2.18 bits per heavy atom. The molecule has 3 heteroatoms.